The fourth-order valence-electron chi connectivity index (χ4n) is 4.88. The third-order valence-electron chi connectivity index (χ3n) is 6.84. The Hall–Kier alpha value is -1.55. The van der Waals surface area contributed by atoms with E-state index in [1.807, 2.05) is 6.20 Å². The lowest BCUT2D eigenvalue weighted by Crippen LogP contribution is -2.52. The number of rotatable bonds is 7. The first kappa shape index (κ1) is 21.7. The van der Waals surface area contributed by atoms with E-state index in [0.717, 1.165) is 57.8 Å². The molecule has 1 aliphatic carbocycles. The van der Waals surface area contributed by atoms with Gasteiger partial charge in [-0.05, 0) is 44.9 Å². The molecule has 9 heteroatoms. The Morgan fingerprint density at radius 3 is 2.73 bits per heavy atom. The van der Waals surface area contributed by atoms with Crippen LogP contribution in [0.25, 0.3) is 0 Å². The highest BCUT2D eigenvalue weighted by Crippen LogP contribution is 2.37. The van der Waals surface area contributed by atoms with Crippen molar-refractivity contribution in [2.24, 2.45) is 5.92 Å². The molecule has 1 amide bonds. The van der Waals surface area contributed by atoms with Gasteiger partial charge >= 0.3 is 0 Å². The highest BCUT2D eigenvalue weighted by Gasteiger charge is 2.36. The first-order valence-electron chi connectivity index (χ1n) is 11.3. The molecule has 9 nitrogen and oxygen atoms in total. The van der Waals surface area contributed by atoms with Crippen LogP contribution in [0.15, 0.2) is 6.20 Å². The van der Waals surface area contributed by atoms with E-state index in [2.05, 4.69) is 15.6 Å². The molecule has 1 aromatic rings. The first-order chi connectivity index (χ1) is 14.6. The van der Waals surface area contributed by atoms with Gasteiger partial charge in [-0.3, -0.25) is 9.48 Å². The molecular weight excluding hydrogens is 388 g/mol. The number of ether oxygens (including phenoxy) is 2. The van der Waals surface area contributed by atoms with E-state index in [9.17, 15) is 15.0 Å². The number of nitrogens with one attached hydrogen (secondary N) is 1. The fourth-order valence-corrected chi connectivity index (χ4v) is 4.88. The lowest BCUT2D eigenvalue weighted by molar-refractivity contribution is -0.134. The van der Waals surface area contributed by atoms with Crippen molar-refractivity contribution < 1.29 is 24.5 Å². The van der Waals surface area contributed by atoms with Gasteiger partial charge in [-0.15, -0.1) is 5.10 Å². The molecule has 0 aromatic carbocycles. The molecule has 0 radical (unpaired) electrons. The summed E-state index contributed by atoms with van der Waals surface area (Å²) in [5.74, 6) is 0.0378. The van der Waals surface area contributed by atoms with E-state index in [1.54, 1.807) is 4.68 Å². The highest BCUT2D eigenvalue weighted by atomic mass is 16.5. The summed E-state index contributed by atoms with van der Waals surface area (Å²) in [7, 11) is 0. The lowest BCUT2D eigenvalue weighted by Gasteiger charge is -2.37. The zero-order valence-corrected chi connectivity index (χ0v) is 17.5. The molecule has 3 aliphatic rings. The Morgan fingerprint density at radius 1 is 1.23 bits per heavy atom. The summed E-state index contributed by atoms with van der Waals surface area (Å²) in [6, 6.07) is -0.156. The van der Waals surface area contributed by atoms with E-state index in [1.165, 1.54) is 0 Å². The topological polar surface area (TPSA) is 119 Å². The molecule has 4 rings (SSSR count). The number of hydrogen-bond donors (Lipinski definition) is 3. The van der Waals surface area contributed by atoms with E-state index in [4.69, 9.17) is 9.47 Å². The van der Waals surface area contributed by atoms with Gasteiger partial charge < -0.3 is 25.0 Å². The van der Waals surface area contributed by atoms with Crippen molar-refractivity contribution in [2.45, 2.75) is 88.2 Å². The van der Waals surface area contributed by atoms with Crippen LogP contribution in [-0.4, -0.2) is 69.2 Å². The number of nitrogens with zero attached hydrogens (tertiary/aromatic N) is 3. The Morgan fingerprint density at radius 2 is 2.00 bits per heavy atom. The Kier molecular flexibility index (Phi) is 7.02. The third kappa shape index (κ3) is 5.01. The van der Waals surface area contributed by atoms with Crippen molar-refractivity contribution >= 4 is 5.91 Å². The summed E-state index contributed by atoms with van der Waals surface area (Å²) in [6.45, 7) is 1.79. The van der Waals surface area contributed by atoms with E-state index in [0.29, 0.717) is 25.5 Å². The van der Waals surface area contributed by atoms with Crippen LogP contribution in [-0.2, 0) is 26.4 Å². The number of hydrogen-bond acceptors (Lipinski definition) is 7. The molecule has 3 N–H and O–H groups in total. The van der Waals surface area contributed by atoms with Gasteiger partial charge in [0.25, 0.3) is 0 Å². The Bertz CT molecular complexity index is 699. The van der Waals surface area contributed by atoms with Crippen LogP contribution < -0.4 is 5.32 Å². The zero-order chi connectivity index (χ0) is 21.0. The van der Waals surface area contributed by atoms with Crippen LogP contribution in [0.5, 0.6) is 0 Å². The number of carbonyl (C=O) groups excluding carboxylic acids is 1. The molecule has 3 fully saturated rings. The molecule has 1 saturated carbocycles. The minimum Gasteiger partial charge on any atom is -0.394 e. The molecule has 3 heterocycles. The van der Waals surface area contributed by atoms with Crippen LogP contribution in [0.1, 0.15) is 63.5 Å². The minimum absolute atomic E-state index is 0.000555. The van der Waals surface area contributed by atoms with Gasteiger partial charge in [0.2, 0.25) is 5.91 Å². The summed E-state index contributed by atoms with van der Waals surface area (Å²) in [4.78, 5) is 12.5. The molecule has 168 valence electrons. The summed E-state index contributed by atoms with van der Waals surface area (Å²) in [5.41, 5.74) is -0.161. The zero-order valence-electron chi connectivity index (χ0n) is 17.5. The molecule has 30 heavy (non-hydrogen) atoms. The second-order valence-corrected chi connectivity index (χ2v) is 8.95. The monoisotopic (exact) mass is 422 g/mol. The summed E-state index contributed by atoms with van der Waals surface area (Å²) < 4.78 is 13.2. The molecule has 3 atom stereocenters. The van der Waals surface area contributed by atoms with Gasteiger partial charge in [-0.2, -0.15) is 0 Å². The maximum atomic E-state index is 12.5. The molecule has 2 saturated heterocycles. The standard InChI is InChI=1S/C21H34N4O5/c26-14-18-17(22-20(27)15-6-11-29-12-7-15)4-3-16(30-18)5-10-25-13-19(23-24-25)21(28)8-1-2-9-21/h13,15-18,26,28H,1-12,14H2,(H,22,27)/t16-,17+,18+/m1/s1. The van der Waals surface area contributed by atoms with Gasteiger partial charge in [-0.25, -0.2) is 0 Å². The summed E-state index contributed by atoms with van der Waals surface area (Å²) in [5, 5.41) is 31.9. The largest absolute Gasteiger partial charge is 0.394 e. The normalized spacial score (nSPS) is 29.7. The van der Waals surface area contributed by atoms with Crippen LogP contribution in [0, 0.1) is 5.92 Å². The van der Waals surface area contributed by atoms with Crippen LogP contribution in [0.2, 0.25) is 0 Å². The van der Waals surface area contributed by atoms with E-state index < -0.39 is 11.7 Å². The van der Waals surface area contributed by atoms with Crippen molar-refractivity contribution in [1.82, 2.24) is 20.3 Å². The van der Waals surface area contributed by atoms with Crippen molar-refractivity contribution in [1.29, 1.82) is 0 Å². The molecule has 0 spiro atoms. The lowest BCUT2D eigenvalue weighted by atomic mass is 9.94. The second-order valence-electron chi connectivity index (χ2n) is 8.95. The highest BCUT2D eigenvalue weighted by molar-refractivity contribution is 5.79. The van der Waals surface area contributed by atoms with E-state index >= 15 is 0 Å². The van der Waals surface area contributed by atoms with Gasteiger partial charge in [0.15, 0.2) is 0 Å². The summed E-state index contributed by atoms with van der Waals surface area (Å²) in [6.07, 6.45) is 8.84. The van der Waals surface area contributed by atoms with Crippen molar-refractivity contribution in [2.75, 3.05) is 19.8 Å². The SMILES string of the molecule is O=C(N[C@H]1CC[C@H](CCn2cc(C3(O)CCCC3)nn2)O[C@H]1CO)C1CCOCC1. The third-order valence-corrected chi connectivity index (χ3v) is 6.84. The number of aromatic nitrogens is 3. The number of aryl methyl sites for hydroxylation is 1. The molecular formula is C21H34N4O5. The predicted molar refractivity (Wildman–Crippen MR) is 107 cm³/mol. The Labute approximate surface area is 177 Å². The maximum Gasteiger partial charge on any atom is 0.223 e. The number of amides is 1. The number of carbonyl (C=O) groups is 1. The Balaban J connectivity index is 1.25. The van der Waals surface area contributed by atoms with Crippen LogP contribution >= 0.6 is 0 Å². The summed E-state index contributed by atoms with van der Waals surface area (Å²) >= 11 is 0. The van der Waals surface area contributed by atoms with E-state index in [-0.39, 0.29) is 30.6 Å². The molecule has 0 bridgehead atoms. The second kappa shape index (κ2) is 9.72. The van der Waals surface area contributed by atoms with Crippen molar-refractivity contribution in [3.63, 3.8) is 0 Å². The van der Waals surface area contributed by atoms with Crippen molar-refractivity contribution in [3.8, 4) is 0 Å². The van der Waals surface area contributed by atoms with Gasteiger partial charge in [0, 0.05) is 25.7 Å². The van der Waals surface area contributed by atoms with Crippen LogP contribution in [0.3, 0.4) is 0 Å². The molecule has 2 aliphatic heterocycles. The maximum absolute atomic E-state index is 12.5. The predicted octanol–water partition coefficient (Wildman–Crippen LogP) is 0.881. The first-order valence-corrected chi connectivity index (χ1v) is 11.3. The van der Waals surface area contributed by atoms with Gasteiger partial charge in [-0.1, -0.05) is 18.1 Å². The fraction of sp³-hybridized carbons (Fsp3) is 0.857. The molecule has 1 aromatic heterocycles. The van der Waals surface area contributed by atoms with Crippen molar-refractivity contribution in [3.05, 3.63) is 11.9 Å². The smallest absolute Gasteiger partial charge is 0.223 e. The van der Waals surface area contributed by atoms with Crippen LogP contribution in [0.4, 0.5) is 0 Å². The average molecular weight is 423 g/mol. The van der Waals surface area contributed by atoms with Gasteiger partial charge in [0.05, 0.1) is 24.9 Å². The quantitative estimate of drug-likeness (QED) is 0.597. The van der Waals surface area contributed by atoms with Gasteiger partial charge in [0.1, 0.15) is 17.4 Å². The number of aliphatic hydroxyl groups is 2. The molecule has 0 unspecified atom stereocenters. The minimum atomic E-state index is -0.822. The average Bonchev–Trinajstić information content (AvgIpc) is 3.44. The number of aliphatic hydroxyl groups excluding tert-OH is 1.